The highest BCUT2D eigenvalue weighted by Crippen LogP contribution is 2.23. The molecule has 0 spiro atoms. The Morgan fingerprint density at radius 3 is 2.75 bits per heavy atom. The summed E-state index contributed by atoms with van der Waals surface area (Å²) in [5.41, 5.74) is 0.490. The molecule has 1 amide bonds. The standard InChI is InChI=1S/C14H23N5O/c1-2-18(11-6-4-3-5-7-11)14(20)13-10-19(17-16-13)12-8-15-9-12/h10-12,15H,2-9H2,1H3. The van der Waals surface area contributed by atoms with Gasteiger partial charge in [0.05, 0.1) is 12.2 Å². The highest BCUT2D eigenvalue weighted by atomic mass is 16.2. The van der Waals surface area contributed by atoms with E-state index in [2.05, 4.69) is 15.6 Å². The monoisotopic (exact) mass is 277 g/mol. The molecule has 2 heterocycles. The van der Waals surface area contributed by atoms with E-state index in [1.807, 2.05) is 16.5 Å². The van der Waals surface area contributed by atoms with Crippen LogP contribution in [0, 0.1) is 0 Å². The van der Waals surface area contributed by atoms with Gasteiger partial charge >= 0.3 is 0 Å². The van der Waals surface area contributed by atoms with Crippen LogP contribution in [0.2, 0.25) is 0 Å². The van der Waals surface area contributed by atoms with Gasteiger partial charge in [0.2, 0.25) is 0 Å². The van der Waals surface area contributed by atoms with Crippen molar-refractivity contribution >= 4 is 5.91 Å². The molecule has 6 heteroatoms. The molecule has 1 aliphatic carbocycles. The first-order valence-electron chi connectivity index (χ1n) is 7.73. The number of rotatable bonds is 4. The lowest BCUT2D eigenvalue weighted by molar-refractivity contribution is 0.0641. The molecule has 1 N–H and O–H groups in total. The minimum absolute atomic E-state index is 0.0398. The zero-order valence-electron chi connectivity index (χ0n) is 12.1. The first-order valence-corrected chi connectivity index (χ1v) is 7.73. The third-order valence-electron chi connectivity index (χ3n) is 4.48. The number of nitrogens with zero attached hydrogens (tertiary/aromatic N) is 4. The Labute approximate surface area is 119 Å². The second kappa shape index (κ2) is 5.91. The molecule has 0 unspecified atom stereocenters. The van der Waals surface area contributed by atoms with Crippen LogP contribution in [0.15, 0.2) is 6.20 Å². The summed E-state index contributed by atoms with van der Waals surface area (Å²) in [6.45, 7) is 4.63. The summed E-state index contributed by atoms with van der Waals surface area (Å²) in [7, 11) is 0. The van der Waals surface area contributed by atoms with Crippen molar-refractivity contribution in [3.63, 3.8) is 0 Å². The van der Waals surface area contributed by atoms with Gasteiger partial charge in [0.25, 0.3) is 5.91 Å². The van der Waals surface area contributed by atoms with Crippen molar-refractivity contribution in [2.75, 3.05) is 19.6 Å². The van der Waals surface area contributed by atoms with E-state index in [0.717, 1.165) is 32.5 Å². The maximum Gasteiger partial charge on any atom is 0.276 e. The normalized spacial score (nSPS) is 20.6. The molecule has 2 aliphatic rings. The molecular weight excluding hydrogens is 254 g/mol. The van der Waals surface area contributed by atoms with Crippen molar-refractivity contribution in [2.45, 2.75) is 51.1 Å². The van der Waals surface area contributed by atoms with E-state index in [-0.39, 0.29) is 5.91 Å². The Balaban J connectivity index is 1.70. The first-order chi connectivity index (χ1) is 9.79. The van der Waals surface area contributed by atoms with E-state index in [1.165, 1.54) is 19.3 Å². The van der Waals surface area contributed by atoms with Crippen LogP contribution in [0.3, 0.4) is 0 Å². The van der Waals surface area contributed by atoms with Gasteiger partial charge in [-0.15, -0.1) is 5.10 Å². The van der Waals surface area contributed by atoms with Gasteiger partial charge in [-0.2, -0.15) is 0 Å². The van der Waals surface area contributed by atoms with Crippen LogP contribution in [-0.4, -0.2) is 51.5 Å². The maximum atomic E-state index is 12.6. The molecule has 2 fully saturated rings. The number of amides is 1. The molecule has 3 rings (SSSR count). The molecule has 110 valence electrons. The van der Waals surface area contributed by atoms with Crippen molar-refractivity contribution in [1.82, 2.24) is 25.2 Å². The lowest BCUT2D eigenvalue weighted by Gasteiger charge is -2.33. The van der Waals surface area contributed by atoms with Gasteiger partial charge in [0.15, 0.2) is 5.69 Å². The van der Waals surface area contributed by atoms with Crippen LogP contribution in [0.1, 0.15) is 55.6 Å². The number of nitrogens with one attached hydrogen (secondary N) is 1. The summed E-state index contributed by atoms with van der Waals surface area (Å²) >= 11 is 0. The Kier molecular flexibility index (Phi) is 4.00. The molecule has 1 aliphatic heterocycles. The predicted molar refractivity (Wildman–Crippen MR) is 75.5 cm³/mol. The third-order valence-corrected chi connectivity index (χ3v) is 4.48. The topological polar surface area (TPSA) is 63.1 Å². The fraction of sp³-hybridized carbons (Fsp3) is 0.786. The zero-order valence-corrected chi connectivity index (χ0v) is 12.1. The van der Waals surface area contributed by atoms with Crippen molar-refractivity contribution in [1.29, 1.82) is 0 Å². The second-order valence-corrected chi connectivity index (χ2v) is 5.78. The van der Waals surface area contributed by atoms with Gasteiger partial charge < -0.3 is 10.2 Å². The van der Waals surface area contributed by atoms with Crippen molar-refractivity contribution < 1.29 is 4.79 Å². The minimum Gasteiger partial charge on any atom is -0.334 e. The van der Waals surface area contributed by atoms with Crippen molar-refractivity contribution in [3.05, 3.63) is 11.9 Å². The molecule has 1 aromatic rings. The molecular formula is C14H23N5O. The lowest BCUT2D eigenvalue weighted by Crippen LogP contribution is -2.43. The largest absolute Gasteiger partial charge is 0.334 e. The van der Waals surface area contributed by atoms with Gasteiger partial charge in [0.1, 0.15) is 0 Å². The Bertz CT molecular complexity index is 462. The van der Waals surface area contributed by atoms with Crippen molar-refractivity contribution in [3.8, 4) is 0 Å². The highest BCUT2D eigenvalue weighted by molar-refractivity contribution is 5.92. The van der Waals surface area contributed by atoms with Crippen LogP contribution in [0.25, 0.3) is 0 Å². The van der Waals surface area contributed by atoms with E-state index in [9.17, 15) is 4.79 Å². The molecule has 0 atom stereocenters. The summed E-state index contributed by atoms with van der Waals surface area (Å²) < 4.78 is 1.82. The number of hydrogen-bond acceptors (Lipinski definition) is 4. The van der Waals surface area contributed by atoms with E-state index in [4.69, 9.17) is 0 Å². The predicted octanol–water partition coefficient (Wildman–Crippen LogP) is 1.22. The third kappa shape index (κ3) is 2.57. The minimum atomic E-state index is 0.0398. The van der Waals surface area contributed by atoms with Gasteiger partial charge in [0, 0.05) is 25.7 Å². The SMILES string of the molecule is CCN(C(=O)c1cn(C2CNC2)nn1)C1CCCCC1. The first kappa shape index (κ1) is 13.5. The molecule has 20 heavy (non-hydrogen) atoms. The molecule has 6 nitrogen and oxygen atoms in total. The average Bonchev–Trinajstić information content (AvgIpc) is 2.88. The van der Waals surface area contributed by atoms with Gasteiger partial charge in [-0.3, -0.25) is 4.79 Å². The summed E-state index contributed by atoms with van der Waals surface area (Å²) in [6, 6.07) is 0.741. The molecule has 1 aromatic heterocycles. The van der Waals surface area contributed by atoms with Crippen LogP contribution in [0.4, 0.5) is 0 Å². The number of carbonyl (C=O) groups excluding carboxylic acids is 1. The Hall–Kier alpha value is -1.43. The van der Waals surface area contributed by atoms with Gasteiger partial charge in [-0.1, -0.05) is 24.5 Å². The average molecular weight is 277 g/mol. The van der Waals surface area contributed by atoms with Crippen LogP contribution in [0.5, 0.6) is 0 Å². The van der Waals surface area contributed by atoms with Crippen LogP contribution < -0.4 is 5.32 Å². The van der Waals surface area contributed by atoms with E-state index in [0.29, 0.717) is 17.8 Å². The van der Waals surface area contributed by atoms with Crippen LogP contribution >= 0.6 is 0 Å². The summed E-state index contributed by atoms with van der Waals surface area (Å²) in [4.78, 5) is 14.6. The second-order valence-electron chi connectivity index (χ2n) is 5.78. The molecule has 1 saturated heterocycles. The number of carbonyl (C=O) groups is 1. The smallest absolute Gasteiger partial charge is 0.276 e. The fourth-order valence-electron chi connectivity index (χ4n) is 3.12. The molecule has 0 bridgehead atoms. The number of hydrogen-bond donors (Lipinski definition) is 1. The summed E-state index contributed by atoms with van der Waals surface area (Å²) in [6.07, 6.45) is 7.82. The van der Waals surface area contributed by atoms with Crippen LogP contribution in [-0.2, 0) is 0 Å². The Morgan fingerprint density at radius 1 is 1.40 bits per heavy atom. The summed E-state index contributed by atoms with van der Waals surface area (Å²) in [5.74, 6) is 0.0398. The molecule has 0 aromatic carbocycles. The zero-order chi connectivity index (χ0) is 13.9. The molecule has 1 saturated carbocycles. The van der Waals surface area contributed by atoms with E-state index < -0.39 is 0 Å². The highest BCUT2D eigenvalue weighted by Gasteiger charge is 2.28. The maximum absolute atomic E-state index is 12.6. The van der Waals surface area contributed by atoms with Gasteiger partial charge in [-0.25, -0.2) is 4.68 Å². The van der Waals surface area contributed by atoms with Crippen molar-refractivity contribution in [2.24, 2.45) is 0 Å². The van der Waals surface area contributed by atoms with E-state index in [1.54, 1.807) is 6.20 Å². The lowest BCUT2D eigenvalue weighted by atomic mass is 9.94. The number of aromatic nitrogens is 3. The quantitative estimate of drug-likeness (QED) is 0.899. The van der Waals surface area contributed by atoms with E-state index >= 15 is 0 Å². The summed E-state index contributed by atoms with van der Waals surface area (Å²) in [5, 5.41) is 11.4. The molecule has 0 radical (unpaired) electrons. The Morgan fingerprint density at radius 2 is 2.15 bits per heavy atom. The van der Waals surface area contributed by atoms with Gasteiger partial charge in [-0.05, 0) is 19.8 Å². The fourth-order valence-corrected chi connectivity index (χ4v) is 3.12.